The fourth-order valence-corrected chi connectivity index (χ4v) is 7.30. The predicted molar refractivity (Wildman–Crippen MR) is 241 cm³/mol. The molecule has 20 nitrogen and oxygen atoms in total. The van der Waals surface area contributed by atoms with Gasteiger partial charge in [0.25, 0.3) is 0 Å². The lowest BCUT2D eigenvalue weighted by Crippen LogP contribution is -2.61. The highest BCUT2D eigenvalue weighted by atomic mass is 16.5. The van der Waals surface area contributed by atoms with Gasteiger partial charge in [-0.25, -0.2) is 0 Å². The van der Waals surface area contributed by atoms with Gasteiger partial charge in [0, 0.05) is 25.8 Å². The number of aliphatic hydroxyl groups is 1. The summed E-state index contributed by atoms with van der Waals surface area (Å²) in [6.45, 7) is 7.35. The summed E-state index contributed by atoms with van der Waals surface area (Å²) in [5.74, 6) is -7.20. The molecule has 4 rings (SSSR count). The van der Waals surface area contributed by atoms with Gasteiger partial charge in [-0.1, -0.05) is 61.9 Å². The Hall–Kier alpha value is -6.83. The predicted octanol–water partition coefficient (Wildman–Crippen LogP) is -1.22. The number of ether oxygens (including phenoxy) is 1. The van der Waals surface area contributed by atoms with E-state index in [4.69, 9.17) is 10.5 Å². The third-order valence-electron chi connectivity index (χ3n) is 11.0. The summed E-state index contributed by atoms with van der Waals surface area (Å²) in [6.07, 6.45) is 1.85. The van der Waals surface area contributed by atoms with Gasteiger partial charge in [-0.3, -0.25) is 43.2 Å². The SMILES string of the molecule is CC(C)=CCOc1ccc(C[C@@H]2NC(=O)[C@H](CO)NC(=O)[C@H](C(C)C)NC(=O)CNC(=O)[C@H](CCC(N)=O)NC(=O)[C@H](C)NC(=O)[C@@H]3CCCN3C(=O)[C@H](Cc3ccccc3)NC2=O)cc1. The molecule has 0 radical (unpaired) electrons. The van der Waals surface area contributed by atoms with Crippen molar-refractivity contribution in [1.82, 2.24) is 42.1 Å². The molecule has 9 amide bonds. The average Bonchev–Trinajstić information content (AvgIpc) is 3.78. The van der Waals surface area contributed by atoms with Crippen molar-refractivity contribution >= 4 is 53.2 Å². The number of nitrogens with zero attached hydrogens (tertiary/aromatic N) is 1. The number of aliphatic hydroxyl groups excluding tert-OH is 1. The number of carbonyl (C=O) groups excluding carboxylic acids is 9. The van der Waals surface area contributed by atoms with Gasteiger partial charge in [0.15, 0.2) is 0 Å². The number of hydrogen-bond acceptors (Lipinski definition) is 11. The van der Waals surface area contributed by atoms with E-state index in [1.807, 2.05) is 19.9 Å². The Balaban J connectivity index is 1.73. The summed E-state index contributed by atoms with van der Waals surface area (Å²) >= 11 is 0. The Bertz CT molecular complexity index is 2090. The first-order valence-electron chi connectivity index (χ1n) is 22.0. The molecular formula is C46H63N9O11. The molecular weight excluding hydrogens is 855 g/mol. The van der Waals surface area contributed by atoms with Crippen LogP contribution < -0.4 is 47.7 Å². The molecule has 2 fully saturated rings. The van der Waals surface area contributed by atoms with E-state index in [1.165, 1.54) is 11.8 Å². The number of amides is 9. The van der Waals surface area contributed by atoms with Gasteiger partial charge in [-0.2, -0.15) is 0 Å². The van der Waals surface area contributed by atoms with E-state index in [1.54, 1.807) is 68.4 Å². The smallest absolute Gasteiger partial charge is 0.246 e. The number of allylic oxidation sites excluding steroid dienone is 1. The van der Waals surface area contributed by atoms with E-state index in [2.05, 4.69) is 37.2 Å². The molecule has 0 saturated carbocycles. The van der Waals surface area contributed by atoms with Gasteiger partial charge in [0.1, 0.15) is 54.6 Å². The molecule has 0 unspecified atom stereocenters. The van der Waals surface area contributed by atoms with E-state index in [0.717, 1.165) is 5.57 Å². The van der Waals surface area contributed by atoms with Gasteiger partial charge in [0.2, 0.25) is 53.2 Å². The largest absolute Gasteiger partial charge is 0.490 e. The third-order valence-corrected chi connectivity index (χ3v) is 11.0. The van der Waals surface area contributed by atoms with Crippen molar-refractivity contribution in [3.05, 3.63) is 77.4 Å². The van der Waals surface area contributed by atoms with Crippen LogP contribution in [0.2, 0.25) is 0 Å². The van der Waals surface area contributed by atoms with E-state index < -0.39 is 115 Å². The molecule has 10 N–H and O–H groups in total. The molecule has 0 aromatic heterocycles. The maximum Gasteiger partial charge on any atom is 0.246 e. The van der Waals surface area contributed by atoms with Crippen LogP contribution in [-0.4, -0.2) is 132 Å². The van der Waals surface area contributed by atoms with Crippen molar-refractivity contribution in [3.8, 4) is 5.75 Å². The first-order chi connectivity index (χ1) is 31.4. The van der Waals surface area contributed by atoms with Crippen molar-refractivity contribution < 1.29 is 53.0 Å². The third kappa shape index (κ3) is 15.7. The molecule has 2 aliphatic rings. The second-order valence-corrected chi connectivity index (χ2v) is 17.0. The van der Waals surface area contributed by atoms with Gasteiger partial charge in [-0.15, -0.1) is 0 Å². The first-order valence-corrected chi connectivity index (χ1v) is 22.0. The number of primary amides is 1. The topological polar surface area (TPSA) is 297 Å². The molecule has 2 aliphatic heterocycles. The summed E-state index contributed by atoms with van der Waals surface area (Å²) in [4.78, 5) is 123. The molecule has 2 aromatic rings. The van der Waals surface area contributed by atoms with E-state index in [0.29, 0.717) is 29.9 Å². The fraction of sp³-hybridized carbons (Fsp3) is 0.500. The van der Waals surface area contributed by atoms with Gasteiger partial charge in [-0.05, 0) is 75.3 Å². The number of benzene rings is 2. The Kier molecular flexibility index (Phi) is 19.6. The Morgan fingerprint density at radius 3 is 2.00 bits per heavy atom. The lowest BCUT2D eigenvalue weighted by molar-refractivity contribution is -0.142. The summed E-state index contributed by atoms with van der Waals surface area (Å²) in [5.41, 5.74) is 7.64. The number of fused-ring (bicyclic) bond motifs is 1. The minimum atomic E-state index is -1.62. The van der Waals surface area contributed by atoms with Crippen LogP contribution in [0.3, 0.4) is 0 Å². The summed E-state index contributed by atoms with van der Waals surface area (Å²) in [7, 11) is 0. The maximum absolute atomic E-state index is 14.6. The molecule has 0 bridgehead atoms. The van der Waals surface area contributed by atoms with Crippen molar-refractivity contribution in [1.29, 1.82) is 0 Å². The summed E-state index contributed by atoms with van der Waals surface area (Å²) in [6, 6.07) is 6.40. The Morgan fingerprint density at radius 1 is 0.758 bits per heavy atom. The highest BCUT2D eigenvalue weighted by Crippen LogP contribution is 2.21. The van der Waals surface area contributed by atoms with E-state index in [9.17, 15) is 48.3 Å². The standard InChI is InChI=1S/C46H63N9O11/c1-26(2)19-21-66-31-15-13-30(14-16-31)22-33-42(61)52-34(23-29-10-7-6-8-11-29)46(65)55-20-9-12-36(55)44(63)49-28(5)40(59)50-32(17-18-37(47)57)41(60)48-24-38(58)54-39(27(3)4)45(64)53-35(25-56)43(62)51-33/h6-8,10-11,13-16,19,27-28,32-36,39,56H,9,12,17-18,20-25H2,1-5H3,(H2,47,57)(H,48,60)(H,49,63)(H,50,59)(H,51,62)(H,52,61)(H,53,64)(H,54,58)/t28-,32-,33-,34-,35-,36-,39-/m0/s1. The second kappa shape index (κ2) is 25.0. The molecule has 2 aromatic carbocycles. The average molecular weight is 918 g/mol. The number of nitrogens with one attached hydrogen (secondary N) is 7. The highest BCUT2D eigenvalue weighted by molar-refractivity contribution is 5.98. The number of rotatable bonds is 12. The molecule has 2 saturated heterocycles. The van der Waals surface area contributed by atoms with Crippen molar-refractivity contribution in [2.24, 2.45) is 11.7 Å². The van der Waals surface area contributed by atoms with Crippen molar-refractivity contribution in [3.63, 3.8) is 0 Å². The first kappa shape index (κ1) is 51.8. The van der Waals surface area contributed by atoms with Crippen LogP contribution in [0.5, 0.6) is 5.75 Å². The maximum atomic E-state index is 14.6. The normalized spacial score (nSPS) is 24.3. The van der Waals surface area contributed by atoms with Crippen LogP contribution in [0.1, 0.15) is 71.4 Å². The van der Waals surface area contributed by atoms with Crippen LogP contribution in [0.15, 0.2) is 66.2 Å². The summed E-state index contributed by atoms with van der Waals surface area (Å²) < 4.78 is 5.78. The molecule has 20 heteroatoms. The Morgan fingerprint density at radius 2 is 1.36 bits per heavy atom. The minimum Gasteiger partial charge on any atom is -0.490 e. The van der Waals surface area contributed by atoms with Crippen LogP contribution >= 0.6 is 0 Å². The molecule has 358 valence electrons. The molecule has 66 heavy (non-hydrogen) atoms. The van der Waals surface area contributed by atoms with Crippen LogP contribution in [-0.2, 0) is 56.0 Å². The quantitative estimate of drug-likeness (QED) is 0.114. The van der Waals surface area contributed by atoms with Gasteiger partial charge >= 0.3 is 0 Å². The Labute approximate surface area is 384 Å². The van der Waals surface area contributed by atoms with Crippen LogP contribution in [0, 0.1) is 5.92 Å². The van der Waals surface area contributed by atoms with Crippen LogP contribution in [0.4, 0.5) is 0 Å². The fourth-order valence-electron chi connectivity index (χ4n) is 7.30. The van der Waals surface area contributed by atoms with Crippen LogP contribution in [0.25, 0.3) is 0 Å². The molecule has 0 spiro atoms. The van der Waals surface area contributed by atoms with Gasteiger partial charge < -0.3 is 57.7 Å². The zero-order valence-electron chi connectivity index (χ0n) is 38.0. The van der Waals surface area contributed by atoms with Crippen molar-refractivity contribution in [2.75, 3.05) is 26.3 Å². The van der Waals surface area contributed by atoms with Crippen molar-refractivity contribution in [2.45, 2.75) is 115 Å². The highest BCUT2D eigenvalue weighted by Gasteiger charge is 2.40. The molecule has 7 atom stereocenters. The number of hydrogen-bond donors (Lipinski definition) is 9. The lowest BCUT2D eigenvalue weighted by atomic mass is 10.0. The number of carbonyl (C=O) groups is 9. The van der Waals surface area contributed by atoms with E-state index in [-0.39, 0.29) is 38.6 Å². The second-order valence-electron chi connectivity index (χ2n) is 17.0. The zero-order chi connectivity index (χ0) is 48.5. The lowest BCUT2D eigenvalue weighted by Gasteiger charge is -2.31. The number of nitrogens with two attached hydrogens (primary N) is 1. The summed E-state index contributed by atoms with van der Waals surface area (Å²) in [5, 5.41) is 28.2. The molecule has 2 heterocycles. The molecule has 0 aliphatic carbocycles. The van der Waals surface area contributed by atoms with Gasteiger partial charge in [0.05, 0.1) is 13.2 Å². The minimum absolute atomic E-state index is 0.0141. The monoisotopic (exact) mass is 917 g/mol. The zero-order valence-corrected chi connectivity index (χ0v) is 38.0. The van der Waals surface area contributed by atoms with E-state index >= 15 is 0 Å².